The Morgan fingerprint density at radius 3 is 2.21 bits per heavy atom. The van der Waals surface area contributed by atoms with Gasteiger partial charge in [-0.15, -0.1) is 12.3 Å². The molecule has 1 N–H and O–H groups in total. The van der Waals surface area contributed by atoms with Gasteiger partial charge in [-0.1, -0.05) is 0 Å². The van der Waals surface area contributed by atoms with E-state index in [1.54, 1.807) is 0 Å². The third-order valence-corrected chi connectivity index (χ3v) is 4.71. The van der Waals surface area contributed by atoms with Gasteiger partial charge in [0.05, 0.1) is 0 Å². The van der Waals surface area contributed by atoms with E-state index in [-0.39, 0.29) is 25.4 Å². The zero-order valence-corrected chi connectivity index (χ0v) is 13.0. The van der Waals surface area contributed by atoms with E-state index in [1.165, 1.54) is 4.90 Å². The number of carboxylic acid groups (broad SMARTS) is 1. The summed E-state index contributed by atoms with van der Waals surface area (Å²) < 4.78 is 39.2. The topological polar surface area (TPSA) is 82.3 Å². The second-order valence-corrected chi connectivity index (χ2v) is 6.15. The molecule has 132 valence electrons. The van der Waals surface area contributed by atoms with Crippen molar-refractivity contribution in [2.75, 3.05) is 13.1 Å². The first-order chi connectivity index (χ1) is 11.2. The van der Waals surface area contributed by atoms with E-state index in [9.17, 15) is 22.8 Å². The lowest BCUT2D eigenvalue weighted by Crippen LogP contribution is -2.53. The van der Waals surface area contributed by atoms with E-state index in [2.05, 4.69) is 16.1 Å². The molecule has 0 aromatic carbocycles. The maximum absolute atomic E-state index is 13.1. The van der Waals surface area contributed by atoms with Crippen LogP contribution in [0.2, 0.25) is 0 Å². The van der Waals surface area contributed by atoms with Crippen LogP contribution in [0.15, 0.2) is 10.2 Å². The van der Waals surface area contributed by atoms with E-state index in [0.717, 1.165) is 0 Å². The number of likely N-dealkylation sites (tertiary alicyclic amines) is 1. The van der Waals surface area contributed by atoms with Gasteiger partial charge in [0.25, 0.3) is 0 Å². The number of aliphatic carboxylic acids is 1. The monoisotopic (exact) mass is 345 g/mol. The molecule has 0 bridgehead atoms. The smallest absolute Gasteiger partial charge is 0.405 e. The number of carboxylic acids is 1. The van der Waals surface area contributed by atoms with Gasteiger partial charge in [-0.25, -0.2) is 0 Å². The average Bonchev–Trinajstić information content (AvgIpc) is 3.30. The number of hydrogen-bond donors (Lipinski definition) is 1. The predicted octanol–water partition coefficient (Wildman–Crippen LogP) is 2.60. The Labute approximate surface area is 137 Å². The Kier molecular flexibility index (Phi) is 4.87. The molecule has 2 aliphatic heterocycles. The molecule has 1 fully saturated rings. The highest BCUT2D eigenvalue weighted by Crippen LogP contribution is 2.46. The molecule has 9 heteroatoms. The number of carbonyl (C=O) groups is 2. The molecule has 0 spiro atoms. The van der Waals surface area contributed by atoms with E-state index in [0.29, 0.717) is 19.3 Å². The molecule has 0 saturated carbocycles. The number of piperidine rings is 1. The summed E-state index contributed by atoms with van der Waals surface area (Å²) in [5.74, 6) is 0.276. The lowest BCUT2D eigenvalue weighted by molar-refractivity contribution is -0.242. The number of alkyl halides is 3. The van der Waals surface area contributed by atoms with Crippen LogP contribution in [-0.2, 0) is 9.59 Å². The van der Waals surface area contributed by atoms with Gasteiger partial charge < -0.3 is 10.0 Å². The molecule has 2 aliphatic rings. The average molecular weight is 345 g/mol. The summed E-state index contributed by atoms with van der Waals surface area (Å²) in [7, 11) is 0. The van der Waals surface area contributed by atoms with Crippen LogP contribution >= 0.6 is 0 Å². The Morgan fingerprint density at radius 1 is 1.21 bits per heavy atom. The summed E-state index contributed by atoms with van der Waals surface area (Å²) in [5, 5.41) is 16.8. The van der Waals surface area contributed by atoms with Crippen molar-refractivity contribution in [3.8, 4) is 12.3 Å². The van der Waals surface area contributed by atoms with Gasteiger partial charge in [0.2, 0.25) is 5.91 Å². The third-order valence-electron chi connectivity index (χ3n) is 4.71. The summed E-state index contributed by atoms with van der Waals surface area (Å²) in [5.41, 5.74) is -3.38. The highest BCUT2D eigenvalue weighted by atomic mass is 19.4. The molecule has 1 amide bonds. The summed E-state index contributed by atoms with van der Waals surface area (Å²) in [4.78, 5) is 24.5. The first kappa shape index (κ1) is 18.2. The van der Waals surface area contributed by atoms with Crippen molar-refractivity contribution in [3.05, 3.63) is 0 Å². The van der Waals surface area contributed by atoms with Gasteiger partial charge in [-0.2, -0.15) is 23.4 Å². The van der Waals surface area contributed by atoms with Gasteiger partial charge in [0, 0.05) is 38.8 Å². The Balaban J connectivity index is 1.87. The second kappa shape index (κ2) is 6.42. The minimum Gasteiger partial charge on any atom is -0.481 e. The SMILES string of the molecule is C#CCCC1(CCC(=O)N2CCC(C(=O)O)(C(F)(F)F)CC2)N=N1. The standard InChI is InChI=1S/C15H18F3N3O3/c1-2-3-5-14(19-20-14)6-4-11(22)21-9-7-13(8-10-21,12(23)24)15(16,17)18/h1H,3-10H2,(H,23,24). The van der Waals surface area contributed by atoms with Crippen molar-refractivity contribution in [2.24, 2.45) is 15.6 Å². The number of halogens is 3. The Morgan fingerprint density at radius 2 is 1.79 bits per heavy atom. The van der Waals surface area contributed by atoms with Crippen molar-refractivity contribution in [3.63, 3.8) is 0 Å². The van der Waals surface area contributed by atoms with Crippen LogP contribution in [-0.4, -0.2) is 46.8 Å². The van der Waals surface area contributed by atoms with Crippen LogP contribution in [0, 0.1) is 17.8 Å². The van der Waals surface area contributed by atoms with Crippen LogP contribution in [0.3, 0.4) is 0 Å². The number of rotatable bonds is 6. The highest BCUT2D eigenvalue weighted by Gasteiger charge is 2.61. The van der Waals surface area contributed by atoms with Crippen molar-refractivity contribution < 1.29 is 27.9 Å². The molecule has 0 atom stereocenters. The fourth-order valence-corrected chi connectivity index (χ4v) is 2.89. The number of terminal acetylenes is 1. The third kappa shape index (κ3) is 3.52. The molecule has 24 heavy (non-hydrogen) atoms. The fourth-order valence-electron chi connectivity index (χ4n) is 2.89. The Hall–Kier alpha value is -2.11. The quantitative estimate of drug-likeness (QED) is 0.751. The maximum Gasteiger partial charge on any atom is 0.405 e. The van der Waals surface area contributed by atoms with Crippen LogP contribution in [0.4, 0.5) is 13.2 Å². The minimum atomic E-state index is -4.83. The van der Waals surface area contributed by atoms with Crippen LogP contribution in [0.25, 0.3) is 0 Å². The lowest BCUT2D eigenvalue weighted by atomic mass is 9.77. The zero-order valence-electron chi connectivity index (χ0n) is 13.0. The van der Waals surface area contributed by atoms with Crippen molar-refractivity contribution >= 4 is 11.9 Å². The molecular formula is C15H18F3N3O3. The van der Waals surface area contributed by atoms with Gasteiger partial charge >= 0.3 is 12.1 Å². The van der Waals surface area contributed by atoms with Gasteiger partial charge in [0.15, 0.2) is 11.1 Å². The van der Waals surface area contributed by atoms with E-state index < -0.39 is 36.1 Å². The van der Waals surface area contributed by atoms with Crippen LogP contribution in [0.5, 0.6) is 0 Å². The fraction of sp³-hybridized carbons (Fsp3) is 0.733. The second-order valence-electron chi connectivity index (χ2n) is 6.15. The number of amides is 1. The van der Waals surface area contributed by atoms with Crippen molar-refractivity contribution in [1.82, 2.24) is 4.90 Å². The lowest BCUT2D eigenvalue weighted by Gasteiger charge is -2.39. The van der Waals surface area contributed by atoms with E-state index >= 15 is 0 Å². The molecule has 0 aromatic rings. The highest BCUT2D eigenvalue weighted by molar-refractivity contribution is 5.79. The van der Waals surface area contributed by atoms with E-state index in [4.69, 9.17) is 11.5 Å². The zero-order chi connectivity index (χ0) is 18.0. The van der Waals surface area contributed by atoms with Gasteiger partial charge in [-0.05, 0) is 12.8 Å². The molecule has 2 rings (SSSR count). The number of carbonyl (C=O) groups excluding carboxylic acids is 1. The Bertz CT molecular complexity index is 581. The molecule has 0 radical (unpaired) electrons. The molecule has 0 aromatic heterocycles. The number of hydrogen-bond acceptors (Lipinski definition) is 4. The summed E-state index contributed by atoms with van der Waals surface area (Å²) in [6.07, 6.45) is 0.579. The maximum atomic E-state index is 13.1. The molecule has 0 aliphatic carbocycles. The van der Waals surface area contributed by atoms with Crippen molar-refractivity contribution in [2.45, 2.75) is 50.4 Å². The summed E-state index contributed by atoms with van der Waals surface area (Å²) in [6.45, 7) is -0.452. The first-order valence-electron chi connectivity index (χ1n) is 7.61. The summed E-state index contributed by atoms with van der Waals surface area (Å²) >= 11 is 0. The molecular weight excluding hydrogens is 327 g/mol. The normalized spacial score (nSPS) is 21.2. The van der Waals surface area contributed by atoms with Crippen LogP contribution in [0.1, 0.15) is 38.5 Å². The number of nitrogens with zero attached hydrogens (tertiary/aromatic N) is 3. The van der Waals surface area contributed by atoms with Gasteiger partial charge in [-0.3, -0.25) is 9.59 Å². The molecule has 0 unspecified atom stereocenters. The largest absolute Gasteiger partial charge is 0.481 e. The predicted molar refractivity (Wildman–Crippen MR) is 76.8 cm³/mol. The molecule has 6 nitrogen and oxygen atoms in total. The van der Waals surface area contributed by atoms with Crippen molar-refractivity contribution in [1.29, 1.82) is 0 Å². The van der Waals surface area contributed by atoms with Crippen LogP contribution < -0.4 is 0 Å². The molecule has 1 saturated heterocycles. The first-order valence-corrected chi connectivity index (χ1v) is 7.61. The van der Waals surface area contributed by atoms with E-state index in [1.807, 2.05) is 0 Å². The summed E-state index contributed by atoms with van der Waals surface area (Å²) in [6, 6.07) is 0. The van der Waals surface area contributed by atoms with Gasteiger partial charge in [0.1, 0.15) is 0 Å². The molecule has 2 heterocycles. The minimum absolute atomic E-state index is 0.101.